The molecule has 10 heteroatoms. The fraction of sp³-hybridized carbons (Fsp3) is 0.407. The summed E-state index contributed by atoms with van der Waals surface area (Å²) in [6.45, 7) is 6.90. The second-order valence-corrected chi connectivity index (χ2v) is 10.7. The van der Waals surface area contributed by atoms with Crippen LogP contribution in [0.1, 0.15) is 64.2 Å². The van der Waals surface area contributed by atoms with Crippen molar-refractivity contribution >= 4 is 34.3 Å². The molecule has 2 aliphatic heterocycles. The summed E-state index contributed by atoms with van der Waals surface area (Å²) in [5.41, 5.74) is 7.21. The Bertz CT molecular complexity index is 1470. The number of rotatable bonds is 3. The molecule has 3 aliphatic rings. The number of anilines is 1. The molecule has 1 aliphatic carbocycles. The molecule has 0 bridgehead atoms. The van der Waals surface area contributed by atoms with Crippen LogP contribution in [0.15, 0.2) is 24.4 Å². The third kappa shape index (κ3) is 3.61. The highest BCUT2D eigenvalue weighted by Gasteiger charge is 2.43. The summed E-state index contributed by atoms with van der Waals surface area (Å²) < 4.78 is 16.2. The molecule has 3 aromatic rings. The monoisotopic (exact) mass is 504 g/mol. The van der Waals surface area contributed by atoms with Crippen molar-refractivity contribution in [3.05, 3.63) is 58.2 Å². The summed E-state index contributed by atoms with van der Waals surface area (Å²) >= 11 is 0. The molecule has 2 aromatic heterocycles. The number of aromatic amines is 1. The molecule has 1 aromatic carbocycles. The molecule has 0 radical (unpaired) electrons. The fourth-order valence-corrected chi connectivity index (χ4v) is 6.21. The smallest absolute Gasteiger partial charge is 0.248 e. The third-order valence-corrected chi connectivity index (χ3v) is 8.15. The van der Waals surface area contributed by atoms with Crippen molar-refractivity contribution in [3.63, 3.8) is 0 Å². The highest BCUT2D eigenvalue weighted by Crippen LogP contribution is 2.46. The second-order valence-electron chi connectivity index (χ2n) is 10.7. The van der Waals surface area contributed by atoms with Gasteiger partial charge in [-0.15, -0.1) is 0 Å². The number of carbonyl (C=O) groups is 3. The van der Waals surface area contributed by atoms with Crippen molar-refractivity contribution in [2.45, 2.75) is 38.1 Å². The summed E-state index contributed by atoms with van der Waals surface area (Å²) in [6.07, 6.45) is 3.11. The number of nitrogens with two attached hydrogens (primary N) is 1. The summed E-state index contributed by atoms with van der Waals surface area (Å²) in [7, 11) is 0. The van der Waals surface area contributed by atoms with E-state index < -0.39 is 17.1 Å². The van der Waals surface area contributed by atoms with Gasteiger partial charge in [0.1, 0.15) is 0 Å². The Kier molecular flexibility index (Phi) is 5.34. The normalized spacial score (nSPS) is 20.0. The van der Waals surface area contributed by atoms with Gasteiger partial charge in [0.2, 0.25) is 11.8 Å². The van der Waals surface area contributed by atoms with E-state index in [1.165, 1.54) is 6.20 Å². The van der Waals surface area contributed by atoms with Gasteiger partial charge < -0.3 is 20.9 Å². The maximum Gasteiger partial charge on any atom is 0.248 e. The molecule has 2 fully saturated rings. The molecule has 4 N–H and O–H groups in total. The quantitative estimate of drug-likeness (QED) is 0.502. The zero-order valence-electron chi connectivity index (χ0n) is 20.9. The van der Waals surface area contributed by atoms with Gasteiger partial charge in [0.05, 0.1) is 12.1 Å². The van der Waals surface area contributed by atoms with Crippen molar-refractivity contribution in [2.75, 3.05) is 37.6 Å². The first kappa shape index (κ1) is 23.6. The van der Waals surface area contributed by atoms with Crippen LogP contribution in [-0.4, -0.2) is 71.2 Å². The summed E-state index contributed by atoms with van der Waals surface area (Å²) in [4.78, 5) is 48.9. The van der Waals surface area contributed by atoms with Gasteiger partial charge in [0.15, 0.2) is 17.4 Å². The number of ketones is 1. The van der Waals surface area contributed by atoms with Crippen molar-refractivity contribution in [3.8, 4) is 0 Å². The highest BCUT2D eigenvalue weighted by atomic mass is 19.1. The van der Waals surface area contributed by atoms with Gasteiger partial charge in [-0.2, -0.15) is 0 Å². The number of hydrogen-bond acceptors (Lipinski definition) is 6. The number of benzene rings is 1. The van der Waals surface area contributed by atoms with E-state index in [9.17, 15) is 14.4 Å². The van der Waals surface area contributed by atoms with Gasteiger partial charge >= 0.3 is 0 Å². The first-order valence-electron chi connectivity index (χ1n) is 12.6. The molecule has 0 atom stereocenters. The lowest BCUT2D eigenvalue weighted by molar-refractivity contribution is -0.125. The minimum atomic E-state index is -0.842. The number of hydrogen-bond donors (Lipinski definition) is 3. The Morgan fingerprint density at radius 2 is 1.95 bits per heavy atom. The zero-order valence-corrected chi connectivity index (χ0v) is 20.9. The van der Waals surface area contributed by atoms with Crippen LogP contribution in [-0.2, 0) is 10.2 Å². The number of aromatic nitrogens is 2. The number of nitrogens with one attached hydrogen (secondary N) is 2. The number of piperazine rings is 1. The number of piperidine rings is 1. The molecule has 37 heavy (non-hydrogen) atoms. The lowest BCUT2D eigenvalue weighted by Gasteiger charge is -2.41. The lowest BCUT2D eigenvalue weighted by atomic mass is 9.71. The Hall–Kier alpha value is -3.79. The number of nitrogens with zero attached hydrogens (tertiary/aromatic N) is 3. The third-order valence-electron chi connectivity index (χ3n) is 8.15. The van der Waals surface area contributed by atoms with Crippen molar-refractivity contribution in [1.29, 1.82) is 0 Å². The van der Waals surface area contributed by atoms with Crippen LogP contribution in [0.4, 0.5) is 10.2 Å². The van der Waals surface area contributed by atoms with Gasteiger partial charge in [0.25, 0.3) is 0 Å². The van der Waals surface area contributed by atoms with E-state index >= 15 is 4.39 Å². The number of amides is 2. The standard InChI is InChI=1S/C27H29FN6O3/c1-27(2)21-17(23(36)20-16-4-3-14(25(29)37)11-18(16)32-24(20)27)12-31-26(22(21)28)33-8-5-15(6-9-33)34-10-7-30-19(35)13-34/h3-4,11-12,15,32H,5-10,13H2,1-2H3,(H2,29,37)(H,30,35). The summed E-state index contributed by atoms with van der Waals surface area (Å²) in [6, 6.07) is 5.20. The first-order valence-corrected chi connectivity index (χ1v) is 12.6. The average molecular weight is 505 g/mol. The number of primary amides is 1. The summed E-state index contributed by atoms with van der Waals surface area (Å²) in [5.74, 6) is -1.03. The van der Waals surface area contributed by atoms with E-state index in [0.29, 0.717) is 59.5 Å². The SMILES string of the molecule is CC1(C)c2[nH]c3cc(C(N)=O)ccc3c2C(=O)c2cnc(N3CCC(N4CCNC(=O)C4)CC3)c(F)c21. The molecule has 6 rings (SSSR count). The number of pyridine rings is 1. The first-order chi connectivity index (χ1) is 17.7. The van der Waals surface area contributed by atoms with Crippen LogP contribution in [0.25, 0.3) is 10.9 Å². The lowest BCUT2D eigenvalue weighted by Crippen LogP contribution is -2.54. The maximum absolute atomic E-state index is 16.2. The minimum absolute atomic E-state index is 0.0465. The van der Waals surface area contributed by atoms with Crippen molar-refractivity contribution in [1.82, 2.24) is 20.2 Å². The van der Waals surface area contributed by atoms with Gasteiger partial charge in [-0.1, -0.05) is 19.9 Å². The van der Waals surface area contributed by atoms with Gasteiger partial charge in [-0.05, 0) is 25.0 Å². The Labute approximate surface area is 213 Å². The van der Waals surface area contributed by atoms with Crippen LogP contribution in [0.2, 0.25) is 0 Å². The van der Waals surface area contributed by atoms with E-state index in [1.807, 2.05) is 18.7 Å². The molecular formula is C27H29FN6O3. The fourth-order valence-electron chi connectivity index (χ4n) is 6.21. The van der Waals surface area contributed by atoms with E-state index in [1.54, 1.807) is 18.2 Å². The number of halogens is 1. The molecular weight excluding hydrogens is 475 g/mol. The van der Waals surface area contributed by atoms with Gasteiger partial charge in [-0.3, -0.25) is 19.3 Å². The zero-order chi connectivity index (χ0) is 26.1. The van der Waals surface area contributed by atoms with Crippen LogP contribution in [0.5, 0.6) is 0 Å². The Morgan fingerprint density at radius 3 is 2.65 bits per heavy atom. The van der Waals surface area contributed by atoms with Gasteiger partial charge in [-0.25, -0.2) is 9.37 Å². The number of H-pyrrole nitrogens is 1. The van der Waals surface area contributed by atoms with Crippen LogP contribution >= 0.6 is 0 Å². The molecule has 2 amide bonds. The highest BCUT2D eigenvalue weighted by molar-refractivity contribution is 6.20. The molecule has 9 nitrogen and oxygen atoms in total. The van der Waals surface area contributed by atoms with E-state index in [-0.39, 0.29) is 29.1 Å². The van der Waals surface area contributed by atoms with E-state index in [4.69, 9.17) is 5.73 Å². The molecule has 4 heterocycles. The summed E-state index contributed by atoms with van der Waals surface area (Å²) in [5, 5.41) is 3.52. The average Bonchev–Trinajstić information content (AvgIpc) is 3.28. The Balaban J connectivity index is 1.33. The topological polar surface area (TPSA) is 124 Å². The Morgan fingerprint density at radius 1 is 1.19 bits per heavy atom. The number of carbonyl (C=O) groups excluding carboxylic acids is 3. The minimum Gasteiger partial charge on any atom is -0.366 e. The van der Waals surface area contributed by atoms with Crippen molar-refractivity contribution in [2.24, 2.45) is 5.73 Å². The molecule has 192 valence electrons. The number of fused-ring (bicyclic) bond motifs is 4. The predicted molar refractivity (Wildman–Crippen MR) is 136 cm³/mol. The van der Waals surface area contributed by atoms with E-state index in [2.05, 4.69) is 20.2 Å². The molecule has 0 saturated carbocycles. The predicted octanol–water partition coefficient (Wildman–Crippen LogP) is 2.07. The maximum atomic E-state index is 16.2. The van der Waals surface area contributed by atoms with E-state index in [0.717, 1.165) is 19.4 Å². The second kappa shape index (κ2) is 8.37. The molecule has 2 saturated heterocycles. The van der Waals surface area contributed by atoms with Crippen molar-refractivity contribution < 1.29 is 18.8 Å². The van der Waals surface area contributed by atoms with Crippen LogP contribution < -0.4 is 16.0 Å². The molecule has 0 spiro atoms. The molecule has 0 unspecified atom stereocenters. The van der Waals surface area contributed by atoms with Crippen LogP contribution in [0.3, 0.4) is 0 Å². The largest absolute Gasteiger partial charge is 0.366 e. The van der Waals surface area contributed by atoms with Crippen LogP contribution in [0, 0.1) is 5.82 Å². The van der Waals surface area contributed by atoms with Gasteiger partial charge in [0, 0.05) is 77.1 Å².